The van der Waals surface area contributed by atoms with Crippen LogP contribution in [0.4, 0.5) is 0 Å². The lowest BCUT2D eigenvalue weighted by molar-refractivity contribution is 0.282. The van der Waals surface area contributed by atoms with Crippen molar-refractivity contribution in [3.63, 3.8) is 0 Å². The van der Waals surface area contributed by atoms with Crippen molar-refractivity contribution in [2.24, 2.45) is 11.8 Å². The van der Waals surface area contributed by atoms with E-state index >= 15 is 0 Å². The van der Waals surface area contributed by atoms with E-state index in [-0.39, 0.29) is 0 Å². The minimum Gasteiger partial charge on any atom is -0.0654 e. The van der Waals surface area contributed by atoms with Crippen molar-refractivity contribution in [1.29, 1.82) is 0 Å². The highest BCUT2D eigenvalue weighted by molar-refractivity contribution is 4.69. The van der Waals surface area contributed by atoms with Crippen LogP contribution in [0.15, 0.2) is 0 Å². The first kappa shape index (κ1) is 38.0. The van der Waals surface area contributed by atoms with Crippen molar-refractivity contribution in [2.75, 3.05) is 0 Å². The molecule has 0 aromatic rings. The van der Waals surface area contributed by atoms with Crippen LogP contribution >= 0.6 is 0 Å². The lowest BCUT2D eigenvalue weighted by Crippen LogP contribution is -2.11. The highest BCUT2D eigenvalue weighted by Crippen LogP contribution is 2.31. The maximum atomic E-state index is 2.34. The van der Waals surface area contributed by atoms with Crippen LogP contribution < -0.4 is 0 Å². The summed E-state index contributed by atoms with van der Waals surface area (Å²) in [6, 6.07) is 0. The van der Waals surface area contributed by atoms with Crippen LogP contribution in [0, 0.1) is 11.8 Å². The summed E-state index contributed by atoms with van der Waals surface area (Å²) in [4.78, 5) is 0. The van der Waals surface area contributed by atoms with Gasteiger partial charge in [0.2, 0.25) is 0 Å². The maximum absolute atomic E-state index is 2.34. The Morgan fingerprint density at radius 1 is 0.237 bits per heavy atom. The molecule has 2 unspecified atom stereocenters. The average molecular weight is 535 g/mol. The van der Waals surface area contributed by atoms with Crippen LogP contribution in [0.2, 0.25) is 0 Å². The first-order valence-corrected chi connectivity index (χ1v) is 18.8. The van der Waals surface area contributed by atoms with Gasteiger partial charge in [-0.2, -0.15) is 0 Å². The molecule has 0 heterocycles. The van der Waals surface area contributed by atoms with E-state index in [4.69, 9.17) is 0 Å². The molecule has 0 aliphatic rings. The summed E-state index contributed by atoms with van der Waals surface area (Å²) < 4.78 is 0. The zero-order valence-corrected chi connectivity index (χ0v) is 27.8. The molecular formula is C38H78. The van der Waals surface area contributed by atoms with Crippen molar-refractivity contribution >= 4 is 0 Å². The SMILES string of the molecule is CCCCCCCCCCC(CCCCCCCC)CC(CCCCCCCC)CCCCCCCCC. The summed E-state index contributed by atoms with van der Waals surface area (Å²) in [5, 5.41) is 0. The Hall–Kier alpha value is 0. The van der Waals surface area contributed by atoms with Gasteiger partial charge in [0.15, 0.2) is 0 Å². The predicted octanol–water partition coefficient (Wildman–Crippen LogP) is 14.8. The van der Waals surface area contributed by atoms with Crippen LogP contribution in [0.5, 0.6) is 0 Å². The molecule has 0 nitrogen and oxygen atoms in total. The second-order valence-corrected chi connectivity index (χ2v) is 13.3. The lowest BCUT2D eigenvalue weighted by atomic mass is 9.82. The molecule has 0 aromatic carbocycles. The molecule has 0 rings (SSSR count). The van der Waals surface area contributed by atoms with Gasteiger partial charge in [0.25, 0.3) is 0 Å². The third-order valence-electron chi connectivity index (χ3n) is 9.28. The van der Waals surface area contributed by atoms with Crippen molar-refractivity contribution in [3.05, 3.63) is 0 Å². The average Bonchev–Trinajstić information content (AvgIpc) is 2.92. The van der Waals surface area contributed by atoms with E-state index in [1.54, 1.807) is 6.42 Å². The van der Waals surface area contributed by atoms with Gasteiger partial charge in [0.1, 0.15) is 0 Å². The Morgan fingerprint density at radius 3 is 0.632 bits per heavy atom. The van der Waals surface area contributed by atoms with Crippen molar-refractivity contribution in [2.45, 2.75) is 233 Å². The van der Waals surface area contributed by atoms with Gasteiger partial charge in [-0.05, 0) is 18.3 Å². The first-order valence-electron chi connectivity index (χ1n) is 18.8. The van der Waals surface area contributed by atoms with Gasteiger partial charge in [0.05, 0.1) is 0 Å². The van der Waals surface area contributed by atoms with Gasteiger partial charge in [-0.15, -0.1) is 0 Å². The second-order valence-electron chi connectivity index (χ2n) is 13.3. The normalized spacial score (nSPS) is 13.3. The lowest BCUT2D eigenvalue weighted by Gasteiger charge is -2.24. The van der Waals surface area contributed by atoms with E-state index < -0.39 is 0 Å². The highest BCUT2D eigenvalue weighted by atomic mass is 14.2. The summed E-state index contributed by atoms with van der Waals surface area (Å²) in [6.07, 6.45) is 47.3. The maximum Gasteiger partial charge on any atom is -0.0412 e. The van der Waals surface area contributed by atoms with Crippen LogP contribution in [0.1, 0.15) is 233 Å². The fourth-order valence-corrected chi connectivity index (χ4v) is 6.62. The minimum atomic E-state index is 1.02. The summed E-state index contributed by atoms with van der Waals surface area (Å²) >= 11 is 0. The minimum absolute atomic E-state index is 1.02. The topological polar surface area (TPSA) is 0 Å². The van der Waals surface area contributed by atoms with Crippen LogP contribution in [0.25, 0.3) is 0 Å². The molecule has 0 aromatic heterocycles. The fraction of sp³-hybridized carbons (Fsp3) is 1.00. The first-order chi connectivity index (χ1) is 18.8. The van der Waals surface area contributed by atoms with E-state index in [2.05, 4.69) is 27.7 Å². The fourth-order valence-electron chi connectivity index (χ4n) is 6.62. The van der Waals surface area contributed by atoms with Crippen molar-refractivity contribution in [1.82, 2.24) is 0 Å². The molecular weight excluding hydrogens is 456 g/mol. The standard InChI is InChI=1S/C38H78/c1-5-9-13-17-21-23-27-31-35-38(33-29-25-20-16-12-8-4)36-37(32-28-24-19-15-11-7-3)34-30-26-22-18-14-10-6-2/h37-38H,5-36H2,1-4H3. The Balaban J connectivity index is 4.60. The molecule has 0 spiro atoms. The molecule has 0 bridgehead atoms. The van der Waals surface area contributed by atoms with E-state index in [1.807, 2.05) is 0 Å². The van der Waals surface area contributed by atoms with E-state index in [1.165, 1.54) is 199 Å². The number of unbranched alkanes of at least 4 members (excludes halogenated alkanes) is 23. The molecule has 0 amide bonds. The molecule has 0 fully saturated rings. The van der Waals surface area contributed by atoms with Gasteiger partial charge in [0, 0.05) is 0 Å². The molecule has 0 saturated carbocycles. The van der Waals surface area contributed by atoms with Gasteiger partial charge in [-0.3, -0.25) is 0 Å². The molecule has 0 aliphatic heterocycles. The van der Waals surface area contributed by atoms with Crippen molar-refractivity contribution in [3.8, 4) is 0 Å². The van der Waals surface area contributed by atoms with Crippen molar-refractivity contribution < 1.29 is 0 Å². The molecule has 0 heteroatoms. The molecule has 0 N–H and O–H groups in total. The Labute approximate surface area is 244 Å². The van der Waals surface area contributed by atoms with E-state index in [0.29, 0.717) is 0 Å². The molecule has 38 heavy (non-hydrogen) atoms. The van der Waals surface area contributed by atoms with Gasteiger partial charge in [-0.1, -0.05) is 227 Å². The Morgan fingerprint density at radius 2 is 0.421 bits per heavy atom. The van der Waals surface area contributed by atoms with Crippen LogP contribution in [-0.2, 0) is 0 Å². The van der Waals surface area contributed by atoms with Crippen LogP contribution in [-0.4, -0.2) is 0 Å². The van der Waals surface area contributed by atoms with Gasteiger partial charge in [-0.25, -0.2) is 0 Å². The number of hydrogen-bond acceptors (Lipinski definition) is 0. The summed E-state index contributed by atoms with van der Waals surface area (Å²) in [6.45, 7) is 9.35. The monoisotopic (exact) mass is 535 g/mol. The second kappa shape index (κ2) is 33.2. The largest absolute Gasteiger partial charge is 0.0654 e. The molecule has 0 aliphatic carbocycles. The molecule has 230 valence electrons. The number of hydrogen-bond donors (Lipinski definition) is 0. The Kier molecular flexibility index (Phi) is 33.2. The van der Waals surface area contributed by atoms with E-state index in [9.17, 15) is 0 Å². The van der Waals surface area contributed by atoms with E-state index in [0.717, 1.165) is 11.8 Å². The summed E-state index contributed by atoms with van der Waals surface area (Å²) in [5.41, 5.74) is 0. The molecule has 2 atom stereocenters. The predicted molar refractivity (Wildman–Crippen MR) is 177 cm³/mol. The zero-order valence-electron chi connectivity index (χ0n) is 27.8. The van der Waals surface area contributed by atoms with Gasteiger partial charge < -0.3 is 0 Å². The molecule has 0 saturated heterocycles. The zero-order chi connectivity index (χ0) is 27.8. The molecule has 0 radical (unpaired) electrons. The smallest absolute Gasteiger partial charge is 0.0412 e. The third kappa shape index (κ3) is 29.0. The van der Waals surface area contributed by atoms with Gasteiger partial charge >= 0.3 is 0 Å². The third-order valence-corrected chi connectivity index (χ3v) is 9.28. The highest BCUT2D eigenvalue weighted by Gasteiger charge is 2.16. The summed E-state index contributed by atoms with van der Waals surface area (Å²) in [5.74, 6) is 2.05. The number of rotatable bonds is 33. The Bertz CT molecular complexity index is 399. The summed E-state index contributed by atoms with van der Waals surface area (Å²) in [7, 11) is 0. The quantitative estimate of drug-likeness (QED) is 0.0734. The van der Waals surface area contributed by atoms with Crippen LogP contribution in [0.3, 0.4) is 0 Å².